The van der Waals surface area contributed by atoms with Crippen LogP contribution in [0.2, 0.25) is 0 Å². The summed E-state index contributed by atoms with van der Waals surface area (Å²) in [4.78, 5) is 48.3. The fourth-order valence-electron chi connectivity index (χ4n) is 7.71. The Labute approximate surface area is 442 Å². The molecular formula is C54H65ClN16O4. The summed E-state index contributed by atoms with van der Waals surface area (Å²) in [5, 5.41) is 20.3. The first-order valence-electron chi connectivity index (χ1n) is 23.7. The van der Waals surface area contributed by atoms with E-state index >= 15 is 0 Å². The number of methoxy groups -OCH3 is 2. The van der Waals surface area contributed by atoms with E-state index in [4.69, 9.17) is 36.8 Å². The Morgan fingerprint density at radius 1 is 0.640 bits per heavy atom. The minimum atomic E-state index is -0.509. The zero-order chi connectivity index (χ0) is 54.3. The number of fused-ring (bicyclic) bond motifs is 2. The van der Waals surface area contributed by atoms with Gasteiger partial charge in [0.25, 0.3) is 0 Å². The van der Waals surface area contributed by atoms with Crippen LogP contribution >= 0.6 is 11.6 Å². The number of likely N-dealkylation sites (N-methyl/N-ethyl adjacent to an activating group) is 4. The predicted octanol–water partition coefficient (Wildman–Crippen LogP) is 8.21. The Balaban J connectivity index is 0.000000225. The quantitative estimate of drug-likeness (QED) is 0.0341. The van der Waals surface area contributed by atoms with E-state index in [2.05, 4.69) is 68.9 Å². The third kappa shape index (κ3) is 14.3. The summed E-state index contributed by atoms with van der Waals surface area (Å²) in [7, 11) is 19.2. The van der Waals surface area contributed by atoms with Crippen molar-refractivity contribution in [1.29, 1.82) is 0 Å². The van der Waals surface area contributed by atoms with Crippen molar-refractivity contribution in [3.05, 3.63) is 123 Å². The third-order valence-corrected chi connectivity index (χ3v) is 11.8. The maximum absolute atomic E-state index is 12.2. The van der Waals surface area contributed by atoms with Crippen LogP contribution in [-0.4, -0.2) is 143 Å². The normalized spacial score (nSPS) is 10.8. The zero-order valence-corrected chi connectivity index (χ0v) is 44.8. The molecule has 0 atom stereocenters. The second kappa shape index (κ2) is 25.9. The summed E-state index contributed by atoms with van der Waals surface area (Å²) in [6.45, 7) is 10.0. The number of ether oxygens (including phenoxy) is 2. The van der Waals surface area contributed by atoms with Crippen LogP contribution in [0.5, 0.6) is 11.5 Å². The number of aromatic nitrogens is 8. The van der Waals surface area contributed by atoms with Gasteiger partial charge in [-0.25, -0.2) is 19.9 Å². The van der Waals surface area contributed by atoms with Gasteiger partial charge in [0.15, 0.2) is 0 Å². The number of hydrogen-bond donors (Lipinski definition) is 4. The highest BCUT2D eigenvalue weighted by molar-refractivity contribution is 6.66. The molecule has 75 heavy (non-hydrogen) atoms. The fraction of sp³-hybridized carbons (Fsp3) is 0.259. The Hall–Kier alpha value is -8.59. The lowest BCUT2D eigenvalue weighted by molar-refractivity contribution is -0.112. The molecule has 4 heterocycles. The Morgan fingerprint density at radius 3 is 1.52 bits per heavy atom. The van der Waals surface area contributed by atoms with Crippen molar-refractivity contribution in [2.24, 2.45) is 14.1 Å². The first-order chi connectivity index (χ1) is 35.9. The van der Waals surface area contributed by atoms with Crippen molar-refractivity contribution in [2.75, 3.05) is 114 Å². The van der Waals surface area contributed by atoms with Gasteiger partial charge in [0.05, 0.1) is 70.8 Å². The number of nitrogen functional groups attached to an aromatic ring is 1. The van der Waals surface area contributed by atoms with Crippen molar-refractivity contribution in [3.63, 3.8) is 0 Å². The predicted molar refractivity (Wildman–Crippen MR) is 304 cm³/mol. The molecule has 392 valence electrons. The van der Waals surface area contributed by atoms with Gasteiger partial charge >= 0.3 is 0 Å². The number of halogens is 1. The smallest absolute Gasteiger partial charge is 0.247 e. The molecule has 1 amide bonds. The van der Waals surface area contributed by atoms with E-state index in [0.29, 0.717) is 51.8 Å². The molecule has 0 fully saturated rings. The lowest BCUT2D eigenvalue weighted by atomic mass is 10.1. The molecule has 0 aliphatic rings. The van der Waals surface area contributed by atoms with Crippen molar-refractivity contribution in [3.8, 4) is 34.3 Å². The summed E-state index contributed by atoms with van der Waals surface area (Å²) in [6.07, 6.45) is 5.68. The van der Waals surface area contributed by atoms with Crippen LogP contribution in [0.3, 0.4) is 0 Å². The minimum Gasteiger partial charge on any atom is -0.494 e. The molecule has 21 heteroatoms. The molecule has 5 N–H and O–H groups in total. The highest BCUT2D eigenvalue weighted by Crippen LogP contribution is 2.39. The van der Waals surface area contributed by atoms with Gasteiger partial charge in [-0.2, -0.15) is 10.2 Å². The van der Waals surface area contributed by atoms with Crippen LogP contribution in [0.15, 0.2) is 123 Å². The van der Waals surface area contributed by atoms with Crippen LogP contribution in [0.4, 0.5) is 46.0 Å². The van der Waals surface area contributed by atoms with Crippen LogP contribution < -0.4 is 41.0 Å². The first-order valence-corrected chi connectivity index (χ1v) is 24.0. The number of nitrogens with zero attached hydrogens (tertiary/aromatic N) is 12. The van der Waals surface area contributed by atoms with Crippen LogP contribution in [0, 0.1) is 0 Å². The van der Waals surface area contributed by atoms with Gasteiger partial charge < -0.3 is 50.8 Å². The van der Waals surface area contributed by atoms with E-state index in [1.165, 1.54) is 6.08 Å². The zero-order valence-electron chi connectivity index (χ0n) is 44.1. The highest BCUT2D eigenvalue weighted by atomic mass is 35.5. The molecule has 0 saturated heterocycles. The summed E-state index contributed by atoms with van der Waals surface area (Å²) in [6, 6.07) is 27.3. The van der Waals surface area contributed by atoms with Gasteiger partial charge in [-0.3, -0.25) is 19.0 Å². The number of anilines is 8. The van der Waals surface area contributed by atoms with Gasteiger partial charge in [0, 0.05) is 89.7 Å². The lowest BCUT2D eigenvalue weighted by Gasteiger charge is -2.26. The summed E-state index contributed by atoms with van der Waals surface area (Å²) in [5.74, 6) is 1.75. The molecule has 20 nitrogen and oxygen atoms in total. The van der Waals surface area contributed by atoms with Gasteiger partial charge in [0.1, 0.15) is 22.9 Å². The van der Waals surface area contributed by atoms with Crippen molar-refractivity contribution in [1.82, 2.24) is 49.3 Å². The van der Waals surface area contributed by atoms with Crippen LogP contribution in [-0.2, 0) is 23.7 Å². The lowest BCUT2D eigenvalue weighted by Crippen LogP contribution is -2.29. The maximum atomic E-state index is 12.2. The van der Waals surface area contributed by atoms with Gasteiger partial charge in [0.2, 0.25) is 23.0 Å². The number of nitrogens with two attached hydrogens (primary N) is 1. The molecule has 8 aromatic rings. The van der Waals surface area contributed by atoms with Gasteiger partial charge in [-0.15, -0.1) is 0 Å². The summed E-state index contributed by atoms with van der Waals surface area (Å²) < 4.78 is 15.0. The number of amides is 1. The van der Waals surface area contributed by atoms with Crippen LogP contribution in [0.1, 0.15) is 0 Å². The first kappa shape index (κ1) is 55.7. The molecule has 0 aliphatic heterocycles. The van der Waals surface area contributed by atoms with E-state index in [1.54, 1.807) is 26.6 Å². The molecule has 0 saturated carbocycles. The topological polar surface area (TPSA) is 215 Å². The van der Waals surface area contributed by atoms with Crippen molar-refractivity contribution < 1.29 is 19.1 Å². The van der Waals surface area contributed by atoms with E-state index < -0.39 is 5.24 Å². The second-order valence-electron chi connectivity index (χ2n) is 17.6. The number of aryl methyl sites for hydroxylation is 2. The third-order valence-electron chi connectivity index (χ3n) is 11.7. The van der Waals surface area contributed by atoms with Crippen LogP contribution in [0.25, 0.3) is 44.6 Å². The minimum absolute atomic E-state index is 0.307. The van der Waals surface area contributed by atoms with E-state index in [-0.39, 0.29) is 5.91 Å². The van der Waals surface area contributed by atoms with Gasteiger partial charge in [-0.1, -0.05) is 49.6 Å². The monoisotopic (exact) mass is 1040 g/mol. The average molecular weight is 1040 g/mol. The Kier molecular flexibility index (Phi) is 19.2. The number of nitrogens with one attached hydrogen (secondary N) is 3. The number of carbonyl (C=O) groups is 2. The van der Waals surface area contributed by atoms with E-state index in [1.807, 2.05) is 151 Å². The van der Waals surface area contributed by atoms with E-state index in [9.17, 15) is 9.59 Å². The number of rotatable bonds is 19. The number of para-hydroxylation sites is 2. The number of carbonyl (C=O) groups excluding carboxylic acids is 2. The molecule has 0 bridgehead atoms. The number of allylic oxidation sites excluding steroid dienone is 1. The highest BCUT2D eigenvalue weighted by Gasteiger charge is 2.19. The molecule has 4 aromatic heterocycles. The summed E-state index contributed by atoms with van der Waals surface area (Å²) in [5.41, 5.74) is 15.7. The standard InChI is InChI=1S/C27H32N8O2.C24H30N8O.C3H3ClO/c1-7-25(36)29-20-16-21(24(37-6)17-23(20)34(4)15-14-33(2)3)31-27-28-13-12-19(30-27)26-18-10-8-9-11-22(18)35(5)32-26;1-30(2)12-13-31(3)21-15-22(33-5)19(14-17(21)25)28-24-26-11-10-18(27-24)23-16-8-6-7-9-20(16)32(4)29-23;1-2-3(4)5/h7-13,16-17H,1,14-15H2,2-6H3,(H,29,36)(H,28,30,31);6-11,14-15H,12-13,25H2,1-5H3,(H,26,27,28);2H,1H2. The largest absolute Gasteiger partial charge is 0.494 e. The van der Waals surface area contributed by atoms with E-state index in [0.717, 1.165) is 82.5 Å². The molecule has 0 spiro atoms. The van der Waals surface area contributed by atoms with Crippen molar-refractivity contribution >= 4 is 90.6 Å². The Morgan fingerprint density at radius 2 is 1.08 bits per heavy atom. The molecule has 0 unspecified atom stereocenters. The second-order valence-corrected chi connectivity index (χ2v) is 18.0. The number of hydrogen-bond acceptors (Lipinski definition) is 17. The number of benzene rings is 4. The summed E-state index contributed by atoms with van der Waals surface area (Å²) >= 11 is 4.71. The molecule has 0 aliphatic carbocycles. The van der Waals surface area contributed by atoms with Gasteiger partial charge in [-0.05, 0) is 88.3 Å². The fourth-order valence-corrected chi connectivity index (χ4v) is 7.71. The maximum Gasteiger partial charge on any atom is 0.247 e. The van der Waals surface area contributed by atoms with Crippen molar-refractivity contribution in [2.45, 2.75) is 0 Å². The average Bonchev–Trinajstić information content (AvgIpc) is 3.93. The molecule has 8 rings (SSSR count). The molecular weight excluding hydrogens is 972 g/mol. The molecule has 4 aromatic carbocycles. The SMILES string of the molecule is C=CC(=O)Cl.C=CC(=O)Nc1cc(Nc2nccc(-c3nn(C)c4ccccc34)n2)c(OC)cc1N(C)CCN(C)C.COc1cc(N(C)CCN(C)C)c(N)cc1Nc1nccc(-c2nn(C)c3ccccc23)n1. The Bertz CT molecular complexity index is 3280. The molecule has 0 radical (unpaired) electrons.